The van der Waals surface area contributed by atoms with Crippen LogP contribution in [0.3, 0.4) is 0 Å². The Morgan fingerprint density at radius 1 is 0.700 bits per heavy atom. The molecule has 4 heteroatoms. The lowest BCUT2D eigenvalue weighted by atomic mass is 9.96. The first-order valence-corrected chi connectivity index (χ1v) is 10.3. The van der Waals surface area contributed by atoms with Crippen molar-refractivity contribution in [2.45, 2.75) is 26.2 Å². The van der Waals surface area contributed by atoms with Crippen LogP contribution in [-0.4, -0.2) is 0 Å². The van der Waals surface area contributed by atoms with Crippen LogP contribution in [0.15, 0.2) is 66.7 Å². The average molecular weight is 425 g/mol. The number of fused-ring (bicyclic) bond motifs is 1. The maximum Gasteiger partial charge on any atom is 0.145 e. The molecule has 4 aromatic carbocycles. The van der Waals surface area contributed by atoms with Gasteiger partial charge in [0, 0.05) is 5.39 Å². The molecule has 0 amide bonds. The molecule has 0 saturated carbocycles. The lowest BCUT2D eigenvalue weighted by molar-refractivity contribution is 0.579. The molecule has 0 aliphatic carbocycles. The van der Waals surface area contributed by atoms with Crippen LogP contribution in [0.5, 0.6) is 0 Å². The van der Waals surface area contributed by atoms with E-state index in [1.54, 1.807) is 12.1 Å². The fourth-order valence-corrected chi connectivity index (χ4v) is 3.78. The molecule has 0 aliphatic rings. The summed E-state index contributed by atoms with van der Waals surface area (Å²) in [5.74, 6) is -1.90. The lowest BCUT2D eigenvalue weighted by Gasteiger charge is -2.10. The van der Waals surface area contributed by atoms with Gasteiger partial charge < -0.3 is 0 Å². The number of hydrogen-bond donors (Lipinski definition) is 0. The van der Waals surface area contributed by atoms with Crippen LogP contribution >= 0.6 is 11.6 Å². The van der Waals surface area contributed by atoms with E-state index in [2.05, 4.69) is 31.2 Å². The molecule has 0 aliphatic heterocycles. The summed E-state index contributed by atoms with van der Waals surface area (Å²) in [5.41, 5.74) is 4.35. The summed E-state index contributed by atoms with van der Waals surface area (Å²) in [6.45, 7) is 2.12. The highest BCUT2D eigenvalue weighted by Crippen LogP contribution is 2.29. The van der Waals surface area contributed by atoms with Gasteiger partial charge in [-0.3, -0.25) is 0 Å². The third kappa shape index (κ3) is 4.08. The zero-order chi connectivity index (χ0) is 21.3. The molecular weight excluding hydrogens is 405 g/mol. The molecule has 0 N–H and O–H groups in total. The molecule has 0 aromatic heterocycles. The van der Waals surface area contributed by atoms with Crippen LogP contribution in [-0.2, 0) is 19.3 Å². The predicted molar refractivity (Wildman–Crippen MR) is 117 cm³/mol. The molecule has 4 rings (SSSR count). The van der Waals surface area contributed by atoms with Gasteiger partial charge in [0.05, 0.1) is 0 Å². The van der Waals surface area contributed by atoms with Gasteiger partial charge in [0.15, 0.2) is 0 Å². The fraction of sp³-hybridized carbons (Fsp3) is 0.154. The van der Waals surface area contributed by atoms with Crippen LogP contribution in [0.25, 0.3) is 21.9 Å². The molecule has 0 unspecified atom stereocenters. The molecule has 0 atom stereocenters. The molecule has 0 nitrogen and oxygen atoms in total. The van der Waals surface area contributed by atoms with Gasteiger partial charge in [-0.25, -0.2) is 13.2 Å². The Morgan fingerprint density at radius 3 is 2.03 bits per heavy atom. The third-order valence-corrected chi connectivity index (χ3v) is 5.82. The summed E-state index contributed by atoms with van der Waals surface area (Å²) < 4.78 is 42.3. The van der Waals surface area contributed by atoms with E-state index in [-0.39, 0.29) is 5.82 Å². The summed E-state index contributed by atoms with van der Waals surface area (Å²) in [5, 5.41) is 0.836. The summed E-state index contributed by atoms with van der Waals surface area (Å²) in [7, 11) is 0. The van der Waals surface area contributed by atoms with E-state index in [9.17, 15) is 8.78 Å². The number of rotatable bonds is 5. The van der Waals surface area contributed by atoms with Crippen molar-refractivity contribution in [2.75, 3.05) is 0 Å². The SMILES string of the molecule is CCc1ccc(-c2ccc3c(F)c(CCc4cc(F)c(Cl)c(F)c4)ccc3c2)cc1. The van der Waals surface area contributed by atoms with Gasteiger partial charge in [0.2, 0.25) is 0 Å². The van der Waals surface area contributed by atoms with Crippen molar-refractivity contribution in [3.05, 3.63) is 106 Å². The van der Waals surface area contributed by atoms with Gasteiger partial charge in [-0.2, -0.15) is 0 Å². The molecule has 152 valence electrons. The maximum absolute atomic E-state index is 15.1. The largest absolute Gasteiger partial charge is 0.206 e. The highest BCUT2D eigenvalue weighted by Gasteiger charge is 2.12. The van der Waals surface area contributed by atoms with Crippen molar-refractivity contribution < 1.29 is 13.2 Å². The van der Waals surface area contributed by atoms with Gasteiger partial charge in [-0.15, -0.1) is 0 Å². The Bertz CT molecular complexity index is 1190. The number of aryl methyl sites for hydroxylation is 3. The van der Waals surface area contributed by atoms with Crippen molar-refractivity contribution >= 4 is 22.4 Å². The van der Waals surface area contributed by atoms with Crippen molar-refractivity contribution in [2.24, 2.45) is 0 Å². The average Bonchev–Trinajstić information content (AvgIpc) is 2.76. The first-order chi connectivity index (χ1) is 14.5. The summed E-state index contributed by atoms with van der Waals surface area (Å²) >= 11 is 5.52. The summed E-state index contributed by atoms with van der Waals surface area (Å²) in [6.07, 6.45) is 1.64. The first kappa shape index (κ1) is 20.5. The minimum Gasteiger partial charge on any atom is -0.206 e. The van der Waals surface area contributed by atoms with Crippen molar-refractivity contribution in [3.63, 3.8) is 0 Å². The molecule has 30 heavy (non-hydrogen) atoms. The second-order valence-corrected chi connectivity index (χ2v) is 7.78. The normalized spacial score (nSPS) is 11.2. The van der Waals surface area contributed by atoms with Crippen LogP contribution in [0.4, 0.5) is 13.2 Å². The second kappa shape index (κ2) is 8.53. The van der Waals surface area contributed by atoms with Crippen molar-refractivity contribution in [1.82, 2.24) is 0 Å². The van der Waals surface area contributed by atoms with Crippen molar-refractivity contribution in [1.29, 1.82) is 0 Å². The first-order valence-electron chi connectivity index (χ1n) is 9.90. The fourth-order valence-electron chi connectivity index (χ4n) is 3.67. The van der Waals surface area contributed by atoms with Gasteiger partial charge in [-0.05, 0) is 70.7 Å². The zero-order valence-electron chi connectivity index (χ0n) is 16.5. The van der Waals surface area contributed by atoms with E-state index < -0.39 is 16.7 Å². The topological polar surface area (TPSA) is 0 Å². The number of halogens is 4. The van der Waals surface area contributed by atoms with Gasteiger partial charge in [0.1, 0.15) is 22.5 Å². The van der Waals surface area contributed by atoms with Crippen LogP contribution in [0.2, 0.25) is 5.02 Å². The summed E-state index contributed by atoms with van der Waals surface area (Å²) in [6, 6.07) is 20.1. The number of hydrogen-bond acceptors (Lipinski definition) is 0. The maximum atomic E-state index is 15.1. The van der Waals surface area contributed by atoms with E-state index in [4.69, 9.17) is 11.6 Å². The predicted octanol–water partition coefficient (Wildman–Crippen LogP) is 7.93. The second-order valence-electron chi connectivity index (χ2n) is 7.40. The van der Waals surface area contributed by atoms with E-state index in [0.717, 1.165) is 22.9 Å². The summed E-state index contributed by atoms with van der Waals surface area (Å²) in [4.78, 5) is 0. The van der Waals surface area contributed by atoms with E-state index in [1.807, 2.05) is 18.2 Å². The molecule has 0 bridgehead atoms. The Labute approximate surface area is 178 Å². The molecular formula is C26H20ClF3. The van der Waals surface area contributed by atoms with Gasteiger partial charge in [-0.1, -0.05) is 67.1 Å². The Balaban J connectivity index is 1.59. The van der Waals surface area contributed by atoms with E-state index >= 15 is 4.39 Å². The zero-order valence-corrected chi connectivity index (χ0v) is 17.2. The van der Waals surface area contributed by atoms with Crippen LogP contribution in [0, 0.1) is 17.5 Å². The molecule has 0 radical (unpaired) electrons. The highest BCUT2D eigenvalue weighted by molar-refractivity contribution is 6.30. The smallest absolute Gasteiger partial charge is 0.145 e. The highest BCUT2D eigenvalue weighted by atomic mass is 35.5. The monoisotopic (exact) mass is 424 g/mol. The number of benzene rings is 4. The lowest BCUT2D eigenvalue weighted by Crippen LogP contribution is -1.98. The quantitative estimate of drug-likeness (QED) is 0.285. The Morgan fingerprint density at radius 2 is 1.37 bits per heavy atom. The Hall–Kier alpha value is -2.78. The van der Waals surface area contributed by atoms with Gasteiger partial charge in [0.25, 0.3) is 0 Å². The van der Waals surface area contributed by atoms with Crippen molar-refractivity contribution in [3.8, 4) is 11.1 Å². The standard InChI is InChI=1S/C26H20ClF3/c1-2-16-3-6-18(7-4-16)20-11-12-22-21(15-20)10-9-19(26(22)30)8-5-17-13-23(28)25(27)24(29)14-17/h3-4,6-7,9-15H,2,5,8H2,1H3. The molecule has 4 aromatic rings. The molecule has 0 heterocycles. The third-order valence-electron chi connectivity index (χ3n) is 5.46. The Kier molecular flexibility index (Phi) is 5.83. The van der Waals surface area contributed by atoms with E-state index in [1.165, 1.54) is 17.7 Å². The minimum atomic E-state index is -0.801. The molecule has 0 saturated heterocycles. The molecule has 0 fully saturated rings. The molecule has 0 spiro atoms. The van der Waals surface area contributed by atoms with Crippen LogP contribution < -0.4 is 0 Å². The minimum absolute atomic E-state index is 0.296. The van der Waals surface area contributed by atoms with Crippen LogP contribution in [0.1, 0.15) is 23.6 Å². The van der Waals surface area contributed by atoms with Gasteiger partial charge >= 0.3 is 0 Å². The van der Waals surface area contributed by atoms with E-state index in [0.29, 0.717) is 29.4 Å².